The van der Waals surface area contributed by atoms with Gasteiger partial charge in [0, 0.05) is 24.2 Å². The summed E-state index contributed by atoms with van der Waals surface area (Å²) in [6.45, 7) is 2.23. The number of nitrogens with one attached hydrogen (secondary N) is 1. The monoisotopic (exact) mass is 279 g/mol. The normalized spacial score (nSPS) is 12.4. The Morgan fingerprint density at radius 3 is 2.40 bits per heavy atom. The topological polar surface area (TPSA) is 12.0 Å². The predicted octanol–water partition coefficient (Wildman–Crippen LogP) is 4.34. The third kappa shape index (κ3) is 3.61. The molecule has 0 aliphatic heterocycles. The van der Waals surface area contributed by atoms with Crippen molar-refractivity contribution in [3.63, 3.8) is 0 Å². The van der Waals surface area contributed by atoms with Crippen LogP contribution in [0.2, 0.25) is 0 Å². The maximum Gasteiger partial charge on any atom is 0.130 e. The molecule has 2 aromatic rings. The van der Waals surface area contributed by atoms with E-state index in [9.17, 15) is 13.2 Å². The summed E-state index contributed by atoms with van der Waals surface area (Å²) in [6.07, 6.45) is 0.742. The fourth-order valence-corrected chi connectivity index (χ4v) is 2.12. The third-order valence-electron chi connectivity index (χ3n) is 3.21. The van der Waals surface area contributed by atoms with E-state index in [0.29, 0.717) is 5.56 Å². The van der Waals surface area contributed by atoms with Crippen LogP contribution in [0.4, 0.5) is 13.2 Å². The number of halogens is 3. The van der Waals surface area contributed by atoms with Crippen LogP contribution in [0.5, 0.6) is 0 Å². The fraction of sp³-hybridized carbons (Fsp3) is 0.250. The van der Waals surface area contributed by atoms with E-state index in [1.165, 1.54) is 24.3 Å². The molecule has 0 aliphatic rings. The molecule has 0 aliphatic carbocycles. The Hall–Kier alpha value is -1.81. The Morgan fingerprint density at radius 1 is 1.00 bits per heavy atom. The molecular weight excluding hydrogens is 263 g/mol. The highest BCUT2D eigenvalue weighted by atomic mass is 19.1. The van der Waals surface area contributed by atoms with E-state index in [-0.39, 0.29) is 18.4 Å². The Labute approximate surface area is 116 Å². The van der Waals surface area contributed by atoms with Crippen molar-refractivity contribution in [2.24, 2.45) is 0 Å². The minimum atomic E-state index is -0.594. The summed E-state index contributed by atoms with van der Waals surface area (Å²) in [5.41, 5.74) is 1.20. The maximum absolute atomic E-state index is 13.5. The zero-order valence-corrected chi connectivity index (χ0v) is 11.2. The van der Waals surface area contributed by atoms with Crippen molar-refractivity contribution in [3.05, 3.63) is 71.0 Å². The van der Waals surface area contributed by atoms with Crippen LogP contribution < -0.4 is 5.32 Å². The highest BCUT2D eigenvalue weighted by molar-refractivity contribution is 5.22. The molecule has 0 spiro atoms. The van der Waals surface area contributed by atoms with Crippen molar-refractivity contribution in [3.8, 4) is 0 Å². The van der Waals surface area contributed by atoms with Gasteiger partial charge in [-0.2, -0.15) is 0 Å². The summed E-state index contributed by atoms with van der Waals surface area (Å²) in [6, 6.07) is 9.74. The van der Waals surface area contributed by atoms with Crippen LogP contribution in [-0.2, 0) is 6.54 Å². The molecule has 20 heavy (non-hydrogen) atoms. The number of hydrogen-bond acceptors (Lipinski definition) is 1. The van der Waals surface area contributed by atoms with Gasteiger partial charge in [-0.3, -0.25) is 0 Å². The molecule has 0 bridgehead atoms. The molecule has 1 N–H and O–H groups in total. The zero-order valence-electron chi connectivity index (χ0n) is 11.2. The third-order valence-corrected chi connectivity index (χ3v) is 3.21. The van der Waals surface area contributed by atoms with E-state index >= 15 is 0 Å². The number of hydrogen-bond donors (Lipinski definition) is 1. The maximum atomic E-state index is 13.5. The van der Waals surface area contributed by atoms with E-state index in [4.69, 9.17) is 0 Å². The molecular formula is C16H16F3N. The van der Waals surface area contributed by atoms with Crippen LogP contribution in [0, 0.1) is 17.5 Å². The molecule has 0 amide bonds. The van der Waals surface area contributed by atoms with Gasteiger partial charge in [0.05, 0.1) is 0 Å². The van der Waals surface area contributed by atoms with Gasteiger partial charge in [0.25, 0.3) is 0 Å². The molecule has 2 aromatic carbocycles. The Balaban J connectivity index is 2.07. The lowest BCUT2D eigenvalue weighted by Crippen LogP contribution is -2.21. The van der Waals surface area contributed by atoms with E-state index in [1.54, 1.807) is 6.07 Å². The standard InChI is InChI=1S/C16H16F3N/c1-2-16(11-4-3-5-13(17)8-11)20-10-12-6-7-14(18)9-15(12)19/h3-9,16,20H,2,10H2,1H3. The van der Waals surface area contributed by atoms with Gasteiger partial charge in [0.15, 0.2) is 0 Å². The van der Waals surface area contributed by atoms with Crippen LogP contribution in [0.25, 0.3) is 0 Å². The summed E-state index contributed by atoms with van der Waals surface area (Å²) in [7, 11) is 0. The van der Waals surface area contributed by atoms with Gasteiger partial charge in [0.2, 0.25) is 0 Å². The van der Waals surface area contributed by atoms with E-state index in [1.807, 2.05) is 13.0 Å². The molecule has 106 valence electrons. The molecule has 1 unspecified atom stereocenters. The first-order valence-corrected chi connectivity index (χ1v) is 6.53. The summed E-state index contributed by atoms with van der Waals surface area (Å²) < 4.78 is 39.6. The van der Waals surface area contributed by atoms with Crippen molar-refractivity contribution in [2.45, 2.75) is 25.9 Å². The molecule has 0 saturated heterocycles. The fourth-order valence-electron chi connectivity index (χ4n) is 2.12. The lowest BCUT2D eigenvalue weighted by Gasteiger charge is -2.18. The smallest absolute Gasteiger partial charge is 0.130 e. The number of rotatable bonds is 5. The van der Waals surface area contributed by atoms with Crippen molar-refractivity contribution in [1.29, 1.82) is 0 Å². The first-order valence-electron chi connectivity index (χ1n) is 6.53. The zero-order chi connectivity index (χ0) is 14.5. The second kappa shape index (κ2) is 6.57. The lowest BCUT2D eigenvalue weighted by atomic mass is 10.0. The van der Waals surface area contributed by atoms with Gasteiger partial charge in [-0.25, -0.2) is 13.2 Å². The van der Waals surface area contributed by atoms with Crippen LogP contribution in [0.1, 0.15) is 30.5 Å². The van der Waals surface area contributed by atoms with E-state index in [2.05, 4.69) is 5.32 Å². The first-order chi connectivity index (χ1) is 9.60. The molecule has 0 fully saturated rings. The minimum absolute atomic E-state index is 0.0739. The van der Waals surface area contributed by atoms with Crippen molar-refractivity contribution < 1.29 is 13.2 Å². The molecule has 1 nitrogen and oxygen atoms in total. The molecule has 4 heteroatoms. The minimum Gasteiger partial charge on any atom is -0.306 e. The van der Waals surface area contributed by atoms with Crippen molar-refractivity contribution >= 4 is 0 Å². The Kier molecular flexibility index (Phi) is 4.79. The SMILES string of the molecule is CCC(NCc1ccc(F)cc1F)c1cccc(F)c1. The molecule has 0 radical (unpaired) electrons. The largest absolute Gasteiger partial charge is 0.306 e. The summed E-state index contributed by atoms with van der Waals surface area (Å²) in [4.78, 5) is 0. The Bertz CT molecular complexity index is 584. The average molecular weight is 279 g/mol. The predicted molar refractivity (Wildman–Crippen MR) is 72.6 cm³/mol. The van der Waals surface area contributed by atoms with Crippen molar-refractivity contribution in [1.82, 2.24) is 5.32 Å². The van der Waals surface area contributed by atoms with Crippen LogP contribution in [0.15, 0.2) is 42.5 Å². The second-order valence-electron chi connectivity index (χ2n) is 4.63. The highest BCUT2D eigenvalue weighted by Crippen LogP contribution is 2.19. The molecule has 0 aromatic heterocycles. The van der Waals surface area contributed by atoms with E-state index < -0.39 is 11.6 Å². The molecule has 0 heterocycles. The van der Waals surface area contributed by atoms with Gasteiger partial charge >= 0.3 is 0 Å². The van der Waals surface area contributed by atoms with Gasteiger partial charge in [-0.15, -0.1) is 0 Å². The number of benzene rings is 2. The molecule has 0 saturated carbocycles. The summed E-state index contributed by atoms with van der Waals surface area (Å²) >= 11 is 0. The van der Waals surface area contributed by atoms with E-state index in [0.717, 1.165) is 18.1 Å². The highest BCUT2D eigenvalue weighted by Gasteiger charge is 2.11. The summed E-state index contributed by atoms with van der Waals surface area (Å²) in [5, 5.41) is 3.16. The van der Waals surface area contributed by atoms with Crippen LogP contribution in [-0.4, -0.2) is 0 Å². The van der Waals surface area contributed by atoms with Crippen molar-refractivity contribution in [2.75, 3.05) is 0 Å². The van der Waals surface area contributed by atoms with Gasteiger partial charge in [-0.1, -0.05) is 25.1 Å². The molecule has 1 atom stereocenters. The van der Waals surface area contributed by atoms with Crippen LogP contribution >= 0.6 is 0 Å². The van der Waals surface area contributed by atoms with Gasteiger partial charge < -0.3 is 5.32 Å². The second-order valence-corrected chi connectivity index (χ2v) is 4.63. The van der Waals surface area contributed by atoms with Gasteiger partial charge in [-0.05, 0) is 30.2 Å². The average Bonchev–Trinajstić information content (AvgIpc) is 2.41. The van der Waals surface area contributed by atoms with Gasteiger partial charge in [0.1, 0.15) is 17.5 Å². The van der Waals surface area contributed by atoms with Crippen LogP contribution in [0.3, 0.4) is 0 Å². The Morgan fingerprint density at radius 2 is 1.75 bits per heavy atom. The lowest BCUT2D eigenvalue weighted by molar-refractivity contribution is 0.497. The quantitative estimate of drug-likeness (QED) is 0.858. The first kappa shape index (κ1) is 14.6. The molecule has 2 rings (SSSR count). The summed E-state index contributed by atoms with van der Waals surface area (Å²) in [5.74, 6) is -1.47.